The lowest BCUT2D eigenvalue weighted by molar-refractivity contribution is -0.123. The zero-order valence-electron chi connectivity index (χ0n) is 16.3. The average Bonchev–Trinajstić information content (AvgIpc) is 2.53. The van der Waals surface area contributed by atoms with E-state index in [9.17, 15) is 4.79 Å². The van der Waals surface area contributed by atoms with E-state index < -0.39 is 0 Å². The van der Waals surface area contributed by atoms with E-state index in [1.807, 2.05) is 14.1 Å². The Kier molecular flexibility index (Phi) is 15.9. The smallest absolute Gasteiger partial charge is 0.221 e. The molecule has 0 radical (unpaired) electrons. The van der Waals surface area contributed by atoms with E-state index in [4.69, 9.17) is 0 Å². The number of rotatable bonds is 16. The first-order valence-corrected chi connectivity index (χ1v) is 10.1. The number of unbranched alkanes of at least 4 members (excludes halogenated alkanes) is 11. The van der Waals surface area contributed by atoms with Crippen molar-refractivity contribution in [3.63, 3.8) is 0 Å². The molecule has 3 heteroatoms. The van der Waals surface area contributed by atoms with Crippen molar-refractivity contribution < 1.29 is 4.79 Å². The first kappa shape index (κ1) is 22.4. The third kappa shape index (κ3) is 14.7. The third-order valence-corrected chi connectivity index (χ3v) is 4.60. The Morgan fingerprint density at radius 3 is 1.61 bits per heavy atom. The molecule has 0 aliphatic rings. The summed E-state index contributed by atoms with van der Waals surface area (Å²) >= 11 is 0. The molecule has 0 aliphatic heterocycles. The van der Waals surface area contributed by atoms with Gasteiger partial charge in [0.25, 0.3) is 0 Å². The molecular weight excluding hydrogens is 284 g/mol. The maximum Gasteiger partial charge on any atom is 0.221 e. The minimum absolute atomic E-state index is 0.180. The first-order valence-electron chi connectivity index (χ1n) is 10.1. The van der Waals surface area contributed by atoms with Crippen molar-refractivity contribution >= 4 is 5.91 Å². The molecule has 138 valence electrons. The van der Waals surface area contributed by atoms with Gasteiger partial charge in [-0.3, -0.25) is 9.69 Å². The van der Waals surface area contributed by atoms with Crippen molar-refractivity contribution in [3.8, 4) is 0 Å². The number of carbonyl (C=O) groups excluding carboxylic acids is 1. The Bertz CT molecular complexity index is 266. The summed E-state index contributed by atoms with van der Waals surface area (Å²) in [5, 5.41) is 3.09. The summed E-state index contributed by atoms with van der Waals surface area (Å²) in [6, 6.07) is 0. The topological polar surface area (TPSA) is 32.3 Å². The van der Waals surface area contributed by atoms with Crippen LogP contribution in [-0.4, -0.2) is 31.1 Å². The van der Waals surface area contributed by atoms with E-state index in [1.165, 1.54) is 70.6 Å². The van der Waals surface area contributed by atoms with Gasteiger partial charge in [-0.25, -0.2) is 0 Å². The molecule has 0 saturated heterocycles. The molecule has 0 spiro atoms. The maximum atomic E-state index is 11.9. The number of amides is 1. The van der Waals surface area contributed by atoms with Gasteiger partial charge in [0.1, 0.15) is 0 Å². The number of hydrogen-bond acceptors (Lipinski definition) is 2. The van der Waals surface area contributed by atoms with Crippen molar-refractivity contribution in [3.05, 3.63) is 0 Å². The van der Waals surface area contributed by atoms with E-state index >= 15 is 0 Å². The van der Waals surface area contributed by atoms with Crippen LogP contribution in [0.4, 0.5) is 0 Å². The van der Waals surface area contributed by atoms with Gasteiger partial charge in [0.15, 0.2) is 0 Å². The summed E-state index contributed by atoms with van der Waals surface area (Å²) in [5.41, 5.74) is 0. The van der Waals surface area contributed by atoms with Gasteiger partial charge in [-0.05, 0) is 26.9 Å². The molecule has 0 heterocycles. The van der Waals surface area contributed by atoms with Gasteiger partial charge in [0.05, 0.1) is 6.17 Å². The fraction of sp³-hybridized carbons (Fsp3) is 0.950. The van der Waals surface area contributed by atoms with Crippen LogP contribution in [0.15, 0.2) is 0 Å². The second-order valence-corrected chi connectivity index (χ2v) is 7.09. The monoisotopic (exact) mass is 326 g/mol. The van der Waals surface area contributed by atoms with E-state index in [0.29, 0.717) is 6.42 Å². The van der Waals surface area contributed by atoms with E-state index in [-0.39, 0.29) is 12.1 Å². The van der Waals surface area contributed by atoms with Gasteiger partial charge < -0.3 is 5.32 Å². The number of hydrogen-bond donors (Lipinski definition) is 1. The molecule has 1 atom stereocenters. The molecule has 0 fully saturated rings. The van der Waals surface area contributed by atoms with Crippen LogP contribution in [0.2, 0.25) is 0 Å². The van der Waals surface area contributed by atoms with Crippen molar-refractivity contribution in [1.29, 1.82) is 0 Å². The predicted molar refractivity (Wildman–Crippen MR) is 102 cm³/mol. The molecule has 0 aromatic heterocycles. The second-order valence-electron chi connectivity index (χ2n) is 7.09. The molecule has 1 amide bonds. The highest BCUT2D eigenvalue weighted by molar-refractivity contribution is 5.76. The van der Waals surface area contributed by atoms with Crippen LogP contribution in [0.5, 0.6) is 0 Å². The Balaban J connectivity index is 3.31. The van der Waals surface area contributed by atoms with Crippen LogP contribution >= 0.6 is 0 Å². The van der Waals surface area contributed by atoms with E-state index in [2.05, 4.69) is 24.1 Å². The van der Waals surface area contributed by atoms with Crippen LogP contribution in [0.3, 0.4) is 0 Å². The largest absolute Gasteiger partial charge is 0.341 e. The molecule has 0 aromatic rings. The van der Waals surface area contributed by atoms with Crippen LogP contribution in [0.1, 0.15) is 104 Å². The molecule has 1 N–H and O–H groups in total. The number of nitrogens with one attached hydrogen (secondary N) is 1. The third-order valence-electron chi connectivity index (χ3n) is 4.60. The molecule has 0 bridgehead atoms. The number of carbonyl (C=O) groups is 1. The number of nitrogens with zero attached hydrogens (tertiary/aromatic N) is 1. The molecule has 3 nitrogen and oxygen atoms in total. The molecule has 23 heavy (non-hydrogen) atoms. The zero-order valence-corrected chi connectivity index (χ0v) is 16.3. The summed E-state index contributed by atoms with van der Waals surface area (Å²) < 4.78 is 0. The van der Waals surface area contributed by atoms with Crippen molar-refractivity contribution in [1.82, 2.24) is 10.2 Å². The quantitative estimate of drug-likeness (QED) is 0.300. The van der Waals surface area contributed by atoms with Gasteiger partial charge in [-0.2, -0.15) is 0 Å². The summed E-state index contributed by atoms with van der Waals surface area (Å²) in [6.07, 6.45) is 17.9. The molecule has 0 rings (SSSR count). The summed E-state index contributed by atoms with van der Waals surface area (Å²) in [6.45, 7) is 4.38. The molecular formula is C20H42N2O. The fourth-order valence-corrected chi connectivity index (χ4v) is 2.98. The van der Waals surface area contributed by atoms with Crippen LogP contribution in [0.25, 0.3) is 0 Å². The van der Waals surface area contributed by atoms with Gasteiger partial charge in [-0.15, -0.1) is 0 Å². The first-order chi connectivity index (χ1) is 11.1. The van der Waals surface area contributed by atoms with Crippen molar-refractivity contribution in [2.24, 2.45) is 0 Å². The van der Waals surface area contributed by atoms with E-state index in [1.54, 1.807) is 0 Å². The molecule has 0 aromatic carbocycles. The SMILES string of the molecule is CCCCCCCCCCCCCCC(=O)NC(CC)N(C)C. The standard InChI is InChI=1S/C20H42N2O/c1-5-7-8-9-10-11-12-13-14-15-16-17-18-20(23)21-19(6-2)22(3)4/h19H,5-18H2,1-4H3,(H,21,23). The van der Waals surface area contributed by atoms with Crippen LogP contribution < -0.4 is 5.32 Å². The Morgan fingerprint density at radius 2 is 1.22 bits per heavy atom. The summed E-state index contributed by atoms with van der Waals surface area (Å²) in [7, 11) is 4.02. The van der Waals surface area contributed by atoms with Gasteiger partial charge in [-0.1, -0.05) is 84.5 Å². The Hall–Kier alpha value is -0.570. The van der Waals surface area contributed by atoms with Crippen LogP contribution in [0, 0.1) is 0 Å². The Labute approximate surface area is 145 Å². The minimum Gasteiger partial charge on any atom is -0.341 e. The summed E-state index contributed by atoms with van der Waals surface area (Å²) in [5.74, 6) is 0.206. The highest BCUT2D eigenvalue weighted by atomic mass is 16.1. The molecule has 0 aliphatic carbocycles. The lowest BCUT2D eigenvalue weighted by Gasteiger charge is -2.23. The highest BCUT2D eigenvalue weighted by Gasteiger charge is 2.11. The van der Waals surface area contributed by atoms with E-state index in [0.717, 1.165) is 12.8 Å². The lowest BCUT2D eigenvalue weighted by atomic mass is 10.0. The van der Waals surface area contributed by atoms with Crippen molar-refractivity contribution in [2.45, 2.75) is 110 Å². The highest BCUT2D eigenvalue weighted by Crippen LogP contribution is 2.12. The van der Waals surface area contributed by atoms with Gasteiger partial charge >= 0.3 is 0 Å². The normalized spacial score (nSPS) is 12.6. The van der Waals surface area contributed by atoms with Gasteiger partial charge in [0.2, 0.25) is 5.91 Å². The molecule has 1 unspecified atom stereocenters. The maximum absolute atomic E-state index is 11.9. The van der Waals surface area contributed by atoms with Crippen molar-refractivity contribution in [2.75, 3.05) is 14.1 Å². The molecule has 0 saturated carbocycles. The average molecular weight is 327 g/mol. The fourth-order valence-electron chi connectivity index (χ4n) is 2.98. The Morgan fingerprint density at radius 1 is 0.783 bits per heavy atom. The second kappa shape index (κ2) is 16.3. The van der Waals surface area contributed by atoms with Crippen LogP contribution in [-0.2, 0) is 4.79 Å². The summed E-state index contributed by atoms with van der Waals surface area (Å²) in [4.78, 5) is 13.9. The minimum atomic E-state index is 0.180. The lowest BCUT2D eigenvalue weighted by Crippen LogP contribution is -2.44. The predicted octanol–water partition coefficient (Wildman–Crippen LogP) is 5.49. The van der Waals surface area contributed by atoms with Gasteiger partial charge in [0, 0.05) is 6.42 Å². The zero-order chi connectivity index (χ0) is 17.3.